The zero-order chi connectivity index (χ0) is 21.3. The maximum Gasteiger partial charge on any atom is 0.408 e. The van der Waals surface area contributed by atoms with Gasteiger partial charge in [-0.25, -0.2) is 9.48 Å². The fourth-order valence-corrected chi connectivity index (χ4v) is 3.86. The molecule has 1 saturated heterocycles. The number of amides is 2. The summed E-state index contributed by atoms with van der Waals surface area (Å²) in [6, 6.07) is 10.8. The highest BCUT2D eigenvalue weighted by molar-refractivity contribution is 5.85. The van der Waals surface area contributed by atoms with Crippen molar-refractivity contribution in [2.24, 2.45) is 11.7 Å². The minimum absolute atomic E-state index is 0. The second kappa shape index (κ2) is 9.06. The molecule has 9 heteroatoms. The normalized spacial score (nSPS) is 20.1. The molecule has 1 fully saturated rings. The maximum atomic E-state index is 12.9. The lowest BCUT2D eigenvalue weighted by atomic mass is 9.90. The molecule has 1 aromatic carbocycles. The van der Waals surface area contributed by atoms with Gasteiger partial charge >= 0.3 is 6.09 Å². The van der Waals surface area contributed by atoms with Crippen molar-refractivity contribution in [3.05, 3.63) is 47.8 Å². The van der Waals surface area contributed by atoms with Crippen molar-refractivity contribution in [1.82, 2.24) is 19.6 Å². The molecule has 3 rings (SSSR count). The van der Waals surface area contributed by atoms with Gasteiger partial charge in [0.2, 0.25) is 5.91 Å². The molecule has 2 amide bonds. The first-order valence-electron chi connectivity index (χ1n) is 9.82. The molecule has 1 aromatic heterocycles. The van der Waals surface area contributed by atoms with Gasteiger partial charge in [-0.1, -0.05) is 32.0 Å². The summed E-state index contributed by atoms with van der Waals surface area (Å²) in [6.07, 6.45) is -1.02. The summed E-state index contributed by atoms with van der Waals surface area (Å²) in [5.74, 6) is -0.151. The van der Waals surface area contributed by atoms with Crippen LogP contribution in [0.15, 0.2) is 36.4 Å². The Morgan fingerprint density at radius 1 is 1.20 bits per heavy atom. The number of nitrogens with zero attached hydrogens (tertiary/aromatic N) is 4. The molecule has 0 bridgehead atoms. The highest BCUT2D eigenvalue weighted by Gasteiger charge is 2.46. The van der Waals surface area contributed by atoms with Gasteiger partial charge < -0.3 is 15.7 Å². The van der Waals surface area contributed by atoms with Crippen molar-refractivity contribution in [3.8, 4) is 5.69 Å². The van der Waals surface area contributed by atoms with Gasteiger partial charge in [0.1, 0.15) is 5.54 Å². The van der Waals surface area contributed by atoms with Crippen LogP contribution in [-0.4, -0.2) is 62.4 Å². The summed E-state index contributed by atoms with van der Waals surface area (Å²) in [5.41, 5.74) is 7.47. The maximum absolute atomic E-state index is 12.9. The highest BCUT2D eigenvalue weighted by atomic mass is 35.5. The van der Waals surface area contributed by atoms with Crippen LogP contribution in [0.1, 0.15) is 32.2 Å². The molecule has 1 aliphatic rings. The Morgan fingerprint density at radius 2 is 1.83 bits per heavy atom. The number of hydrogen-bond acceptors (Lipinski definition) is 4. The van der Waals surface area contributed by atoms with Crippen molar-refractivity contribution in [2.45, 2.75) is 39.3 Å². The van der Waals surface area contributed by atoms with E-state index in [-0.39, 0.29) is 37.3 Å². The SMILES string of the molecule is Cc1cc([C@@]2(C)CN(C(=O)[C@@H](N)C(C)C)CCN2C(=O)O)n(-c2ccccc2)n1.Cl. The summed E-state index contributed by atoms with van der Waals surface area (Å²) < 4.78 is 1.77. The Labute approximate surface area is 183 Å². The molecule has 164 valence electrons. The van der Waals surface area contributed by atoms with E-state index in [0.29, 0.717) is 6.54 Å². The van der Waals surface area contributed by atoms with E-state index in [1.54, 1.807) is 9.58 Å². The minimum atomic E-state index is -1.02. The van der Waals surface area contributed by atoms with E-state index in [0.717, 1.165) is 17.1 Å². The van der Waals surface area contributed by atoms with Crippen LogP contribution in [-0.2, 0) is 10.3 Å². The number of halogens is 1. The zero-order valence-corrected chi connectivity index (χ0v) is 18.6. The van der Waals surface area contributed by atoms with Crippen LogP contribution in [0, 0.1) is 12.8 Å². The van der Waals surface area contributed by atoms with Gasteiger partial charge in [0.25, 0.3) is 0 Å². The molecule has 3 N–H and O–H groups in total. The Bertz CT molecular complexity index is 901. The minimum Gasteiger partial charge on any atom is -0.465 e. The topological polar surface area (TPSA) is 105 Å². The third-order valence-corrected chi connectivity index (χ3v) is 5.62. The predicted molar refractivity (Wildman–Crippen MR) is 117 cm³/mol. The fraction of sp³-hybridized carbons (Fsp3) is 0.476. The number of carbonyl (C=O) groups excluding carboxylic acids is 1. The van der Waals surface area contributed by atoms with E-state index >= 15 is 0 Å². The molecular weight excluding hydrogens is 406 g/mol. The van der Waals surface area contributed by atoms with Gasteiger partial charge in [-0.05, 0) is 38.0 Å². The van der Waals surface area contributed by atoms with E-state index in [1.807, 2.05) is 64.1 Å². The zero-order valence-electron chi connectivity index (χ0n) is 17.8. The number of piperazine rings is 1. The quantitative estimate of drug-likeness (QED) is 0.768. The van der Waals surface area contributed by atoms with E-state index < -0.39 is 17.7 Å². The lowest BCUT2D eigenvalue weighted by Gasteiger charge is -2.48. The number of aryl methyl sites for hydroxylation is 1. The third-order valence-electron chi connectivity index (χ3n) is 5.62. The van der Waals surface area contributed by atoms with Gasteiger partial charge in [0.15, 0.2) is 0 Å². The predicted octanol–water partition coefficient (Wildman–Crippen LogP) is 2.62. The second-order valence-electron chi connectivity index (χ2n) is 8.16. The average Bonchev–Trinajstić information content (AvgIpc) is 3.09. The number of carbonyl (C=O) groups is 2. The van der Waals surface area contributed by atoms with Crippen LogP contribution in [0.5, 0.6) is 0 Å². The Kier molecular flexibility index (Phi) is 7.15. The average molecular weight is 436 g/mol. The molecule has 0 saturated carbocycles. The Morgan fingerprint density at radius 3 is 2.40 bits per heavy atom. The van der Waals surface area contributed by atoms with Crippen molar-refractivity contribution in [3.63, 3.8) is 0 Å². The van der Waals surface area contributed by atoms with Gasteiger partial charge in [-0.3, -0.25) is 9.69 Å². The van der Waals surface area contributed by atoms with Crippen molar-refractivity contribution in [1.29, 1.82) is 0 Å². The summed E-state index contributed by atoms with van der Waals surface area (Å²) in [5, 5.41) is 14.5. The van der Waals surface area contributed by atoms with E-state index in [2.05, 4.69) is 5.10 Å². The summed E-state index contributed by atoms with van der Waals surface area (Å²) >= 11 is 0. The number of benzene rings is 1. The molecule has 0 radical (unpaired) electrons. The molecule has 0 aliphatic carbocycles. The number of rotatable bonds is 4. The van der Waals surface area contributed by atoms with Gasteiger partial charge in [0, 0.05) is 19.6 Å². The number of hydrogen-bond donors (Lipinski definition) is 2. The first-order chi connectivity index (χ1) is 13.6. The molecule has 30 heavy (non-hydrogen) atoms. The Hall–Kier alpha value is -2.58. The van der Waals surface area contributed by atoms with Gasteiger partial charge in [0.05, 0.1) is 23.1 Å². The smallest absolute Gasteiger partial charge is 0.408 e. The number of para-hydroxylation sites is 1. The molecule has 1 aliphatic heterocycles. The summed E-state index contributed by atoms with van der Waals surface area (Å²) in [6.45, 7) is 8.28. The molecule has 0 spiro atoms. The third kappa shape index (κ3) is 4.29. The lowest BCUT2D eigenvalue weighted by molar-refractivity contribution is -0.138. The molecule has 2 heterocycles. The summed E-state index contributed by atoms with van der Waals surface area (Å²) in [4.78, 5) is 28.1. The molecule has 2 atom stereocenters. The molecule has 0 unspecified atom stereocenters. The molecule has 2 aromatic rings. The van der Waals surface area contributed by atoms with Gasteiger partial charge in [-0.15, -0.1) is 12.4 Å². The number of nitrogens with two attached hydrogens (primary N) is 1. The number of carboxylic acid groups (broad SMARTS) is 1. The van der Waals surface area contributed by atoms with E-state index in [9.17, 15) is 14.7 Å². The monoisotopic (exact) mass is 435 g/mol. The second-order valence-corrected chi connectivity index (χ2v) is 8.16. The Balaban J connectivity index is 0.00000320. The van der Waals surface area contributed by atoms with Crippen LogP contribution in [0.25, 0.3) is 5.69 Å². The van der Waals surface area contributed by atoms with Crippen molar-refractivity contribution >= 4 is 24.4 Å². The van der Waals surface area contributed by atoms with Crippen molar-refractivity contribution < 1.29 is 14.7 Å². The fourth-order valence-electron chi connectivity index (χ4n) is 3.86. The largest absolute Gasteiger partial charge is 0.465 e. The molecular formula is C21H30ClN5O3. The number of aromatic nitrogens is 2. The van der Waals surface area contributed by atoms with E-state index in [1.165, 1.54) is 4.90 Å². The van der Waals surface area contributed by atoms with Crippen LogP contribution >= 0.6 is 12.4 Å². The van der Waals surface area contributed by atoms with Crippen LogP contribution < -0.4 is 5.73 Å². The summed E-state index contributed by atoms with van der Waals surface area (Å²) in [7, 11) is 0. The van der Waals surface area contributed by atoms with Crippen molar-refractivity contribution in [2.75, 3.05) is 19.6 Å². The van der Waals surface area contributed by atoms with Gasteiger partial charge in [-0.2, -0.15) is 5.10 Å². The highest BCUT2D eigenvalue weighted by Crippen LogP contribution is 2.34. The first-order valence-corrected chi connectivity index (χ1v) is 9.82. The van der Waals surface area contributed by atoms with Crippen LogP contribution in [0.2, 0.25) is 0 Å². The van der Waals surface area contributed by atoms with E-state index in [4.69, 9.17) is 5.73 Å². The lowest BCUT2D eigenvalue weighted by Crippen LogP contribution is -2.63. The first kappa shape index (κ1) is 23.7. The molecule has 8 nitrogen and oxygen atoms in total. The van der Waals surface area contributed by atoms with Crippen LogP contribution in [0.3, 0.4) is 0 Å². The standard InChI is InChI=1S/C21H29N5O3.ClH/c1-14(2)18(22)19(27)24-10-11-25(20(28)29)21(4,13-24)17-12-15(3)23-26(17)16-8-6-5-7-9-16;/h5-9,12,14,18H,10-11,13,22H2,1-4H3,(H,28,29);1H/t18-,21+;/m0./s1. The van der Waals surface area contributed by atoms with Crippen LogP contribution in [0.4, 0.5) is 4.79 Å².